The first-order valence-corrected chi connectivity index (χ1v) is 13.2. The fourth-order valence-corrected chi connectivity index (χ4v) is 5.46. The molecule has 2 fully saturated rings. The lowest BCUT2D eigenvalue weighted by Gasteiger charge is -2.29. The second-order valence-corrected chi connectivity index (χ2v) is 10.6. The van der Waals surface area contributed by atoms with Crippen LogP contribution < -0.4 is 0 Å². The van der Waals surface area contributed by atoms with E-state index in [-0.39, 0.29) is 0 Å². The largest absolute Gasteiger partial charge is 0.338 e. The average molecular weight is 513 g/mol. The fraction of sp³-hybridized carbons (Fsp3) is 0.267. The minimum absolute atomic E-state index is 0.510. The van der Waals surface area contributed by atoms with Crippen LogP contribution >= 0.6 is 23.2 Å². The lowest BCUT2D eigenvalue weighted by atomic mass is 9.91. The van der Waals surface area contributed by atoms with Crippen LogP contribution in [0.1, 0.15) is 37.1 Å². The van der Waals surface area contributed by atoms with Crippen molar-refractivity contribution in [2.75, 3.05) is 19.6 Å². The van der Waals surface area contributed by atoms with Crippen LogP contribution in [0.25, 0.3) is 32.6 Å². The molecule has 6 rings (SSSR count). The van der Waals surface area contributed by atoms with Gasteiger partial charge in [0.15, 0.2) is 5.69 Å². The molecular formula is C30H26Cl2N4. The van der Waals surface area contributed by atoms with Crippen LogP contribution in [0.4, 0.5) is 5.69 Å². The van der Waals surface area contributed by atoms with Gasteiger partial charge in [0.1, 0.15) is 5.82 Å². The van der Waals surface area contributed by atoms with Crippen LogP contribution in [-0.4, -0.2) is 34.5 Å². The molecule has 180 valence electrons. The molecule has 1 saturated carbocycles. The third kappa shape index (κ3) is 4.80. The molecule has 1 N–H and O–H groups in total. The Balaban J connectivity index is 1.38. The van der Waals surface area contributed by atoms with E-state index in [0.29, 0.717) is 15.7 Å². The predicted molar refractivity (Wildman–Crippen MR) is 149 cm³/mol. The molecule has 1 aliphatic carbocycles. The second-order valence-electron chi connectivity index (χ2n) is 9.83. The van der Waals surface area contributed by atoms with Crippen molar-refractivity contribution in [3.05, 3.63) is 99.1 Å². The Kier molecular flexibility index (Phi) is 6.31. The second kappa shape index (κ2) is 9.75. The molecule has 2 aliphatic rings. The highest BCUT2D eigenvalue weighted by Crippen LogP contribution is 2.36. The van der Waals surface area contributed by atoms with E-state index in [1.54, 1.807) is 0 Å². The van der Waals surface area contributed by atoms with Gasteiger partial charge in [-0.15, -0.1) is 0 Å². The maximum Gasteiger partial charge on any atom is 0.187 e. The summed E-state index contributed by atoms with van der Waals surface area (Å²) < 4.78 is 0. The Hall–Kier alpha value is -3.10. The van der Waals surface area contributed by atoms with Crippen molar-refractivity contribution in [2.24, 2.45) is 5.92 Å². The SMILES string of the molecule is [C-]#[N+]c1cccc(-c2ccc(C(=C3CCN(CC4CC4)CC3)c3nc4cc(Cl)c(Cl)cc4[nH]3)cc2)c1. The van der Waals surface area contributed by atoms with E-state index in [1.165, 1.54) is 30.5 Å². The van der Waals surface area contributed by atoms with Crippen molar-refractivity contribution < 1.29 is 0 Å². The third-order valence-corrected chi connectivity index (χ3v) is 7.99. The van der Waals surface area contributed by atoms with Gasteiger partial charge in [-0.3, -0.25) is 0 Å². The zero-order chi connectivity index (χ0) is 24.6. The Bertz CT molecular complexity index is 1460. The number of hydrogen-bond acceptors (Lipinski definition) is 2. The molecule has 6 heteroatoms. The van der Waals surface area contributed by atoms with E-state index in [2.05, 4.69) is 39.0 Å². The van der Waals surface area contributed by atoms with Crippen LogP contribution in [0.5, 0.6) is 0 Å². The van der Waals surface area contributed by atoms with E-state index in [1.807, 2.05) is 36.4 Å². The Morgan fingerprint density at radius 1 is 0.972 bits per heavy atom. The van der Waals surface area contributed by atoms with Gasteiger partial charge in [-0.25, -0.2) is 9.83 Å². The summed E-state index contributed by atoms with van der Waals surface area (Å²) in [6.07, 6.45) is 4.85. The van der Waals surface area contributed by atoms with Gasteiger partial charge in [0.05, 0.1) is 27.7 Å². The Labute approximate surface area is 221 Å². The summed E-state index contributed by atoms with van der Waals surface area (Å²) in [6, 6.07) is 20.0. The highest BCUT2D eigenvalue weighted by molar-refractivity contribution is 6.42. The van der Waals surface area contributed by atoms with Gasteiger partial charge in [-0.2, -0.15) is 0 Å². The number of nitrogens with zero attached hydrogens (tertiary/aromatic N) is 3. The number of halogens is 2. The van der Waals surface area contributed by atoms with E-state index in [0.717, 1.165) is 65.4 Å². The van der Waals surface area contributed by atoms with Crippen LogP contribution in [-0.2, 0) is 0 Å². The van der Waals surface area contributed by atoms with Gasteiger partial charge in [0, 0.05) is 25.2 Å². The molecule has 1 saturated heterocycles. The zero-order valence-electron chi connectivity index (χ0n) is 19.9. The van der Waals surface area contributed by atoms with Crippen molar-refractivity contribution in [3.63, 3.8) is 0 Å². The standard InChI is InChI=1S/C30H26Cl2N4/c1-33-24-4-2-3-23(15-24)20-7-9-21(10-8-20)29(22-11-13-36(14-12-22)18-19-5-6-19)30-34-27-16-25(31)26(32)17-28(27)35-30/h2-4,7-10,15-17,19H,5-6,11-14,18H2,(H,34,35). The number of hydrogen-bond donors (Lipinski definition) is 1. The van der Waals surface area contributed by atoms with Gasteiger partial charge in [-0.1, -0.05) is 71.2 Å². The third-order valence-electron chi connectivity index (χ3n) is 7.27. The summed E-state index contributed by atoms with van der Waals surface area (Å²) in [7, 11) is 0. The smallest absolute Gasteiger partial charge is 0.187 e. The van der Waals surface area contributed by atoms with Gasteiger partial charge < -0.3 is 9.88 Å². The van der Waals surface area contributed by atoms with Crippen molar-refractivity contribution in [3.8, 4) is 11.1 Å². The molecule has 36 heavy (non-hydrogen) atoms. The fourth-order valence-electron chi connectivity index (χ4n) is 5.14. The molecular weight excluding hydrogens is 487 g/mol. The highest BCUT2D eigenvalue weighted by atomic mass is 35.5. The minimum atomic E-state index is 0.510. The maximum absolute atomic E-state index is 7.32. The van der Waals surface area contributed by atoms with Crippen molar-refractivity contribution in [1.29, 1.82) is 0 Å². The molecule has 0 spiro atoms. The number of aromatic amines is 1. The summed E-state index contributed by atoms with van der Waals surface area (Å²) >= 11 is 12.6. The van der Waals surface area contributed by atoms with E-state index >= 15 is 0 Å². The molecule has 3 aromatic carbocycles. The molecule has 4 nitrogen and oxygen atoms in total. The number of H-pyrrole nitrogens is 1. The molecule has 1 aliphatic heterocycles. The Morgan fingerprint density at radius 3 is 2.44 bits per heavy atom. The number of rotatable bonds is 5. The number of imidazole rings is 1. The van der Waals surface area contributed by atoms with Gasteiger partial charge in [0.2, 0.25) is 0 Å². The first kappa shape index (κ1) is 23.3. The molecule has 4 aromatic rings. The average Bonchev–Trinajstić information content (AvgIpc) is 3.64. The van der Waals surface area contributed by atoms with Gasteiger partial charge >= 0.3 is 0 Å². The molecule has 1 aromatic heterocycles. The highest BCUT2D eigenvalue weighted by Gasteiger charge is 2.27. The number of piperidine rings is 1. The Morgan fingerprint density at radius 2 is 1.72 bits per heavy atom. The summed E-state index contributed by atoms with van der Waals surface area (Å²) in [6.45, 7) is 10.7. The lowest BCUT2D eigenvalue weighted by Crippen LogP contribution is -2.32. The topological polar surface area (TPSA) is 36.3 Å². The summed E-state index contributed by atoms with van der Waals surface area (Å²) in [5.41, 5.74) is 8.24. The summed E-state index contributed by atoms with van der Waals surface area (Å²) in [4.78, 5) is 14.6. The predicted octanol–water partition coefficient (Wildman–Crippen LogP) is 8.40. The van der Waals surface area contributed by atoms with E-state index < -0.39 is 0 Å². The van der Waals surface area contributed by atoms with Crippen LogP contribution in [0.3, 0.4) is 0 Å². The number of aromatic nitrogens is 2. The minimum Gasteiger partial charge on any atom is -0.338 e. The molecule has 0 radical (unpaired) electrons. The van der Waals surface area contributed by atoms with Crippen molar-refractivity contribution in [1.82, 2.24) is 14.9 Å². The normalized spacial score (nSPS) is 16.3. The van der Waals surface area contributed by atoms with Crippen LogP contribution in [0, 0.1) is 12.5 Å². The number of likely N-dealkylation sites (tertiary alicyclic amines) is 1. The maximum atomic E-state index is 7.32. The van der Waals surface area contributed by atoms with Gasteiger partial charge in [-0.05, 0) is 66.5 Å². The van der Waals surface area contributed by atoms with E-state index in [9.17, 15) is 0 Å². The summed E-state index contributed by atoms with van der Waals surface area (Å²) in [5.74, 6) is 1.77. The van der Waals surface area contributed by atoms with Crippen LogP contribution in [0.15, 0.2) is 66.2 Å². The molecule has 0 bridgehead atoms. The van der Waals surface area contributed by atoms with Crippen molar-refractivity contribution >= 4 is 45.5 Å². The first-order valence-electron chi connectivity index (χ1n) is 12.5. The van der Waals surface area contributed by atoms with Crippen LogP contribution in [0.2, 0.25) is 10.0 Å². The number of nitrogens with one attached hydrogen (secondary N) is 1. The molecule has 2 heterocycles. The quantitative estimate of drug-likeness (QED) is 0.272. The monoisotopic (exact) mass is 512 g/mol. The number of benzene rings is 3. The molecule has 0 atom stereocenters. The lowest BCUT2D eigenvalue weighted by molar-refractivity contribution is 0.247. The summed E-state index contributed by atoms with van der Waals surface area (Å²) in [5, 5.41) is 1.03. The van der Waals surface area contributed by atoms with Gasteiger partial charge in [0.25, 0.3) is 0 Å². The zero-order valence-corrected chi connectivity index (χ0v) is 21.4. The first-order chi connectivity index (χ1) is 17.6. The number of fused-ring (bicyclic) bond motifs is 1. The molecule has 0 amide bonds. The van der Waals surface area contributed by atoms with E-state index in [4.69, 9.17) is 34.8 Å². The van der Waals surface area contributed by atoms with Crippen molar-refractivity contribution in [2.45, 2.75) is 25.7 Å². The molecule has 0 unspecified atom stereocenters.